The molecule has 0 unspecified atom stereocenters. The second kappa shape index (κ2) is 44.9. The van der Waals surface area contributed by atoms with E-state index in [4.69, 9.17) is 9.84 Å². The highest BCUT2D eigenvalue weighted by Crippen LogP contribution is 2.16. The van der Waals surface area contributed by atoms with E-state index in [0.29, 0.717) is 19.6 Å². The Labute approximate surface area is 308 Å². The van der Waals surface area contributed by atoms with E-state index in [9.17, 15) is 4.79 Å². The van der Waals surface area contributed by atoms with Gasteiger partial charge in [0.1, 0.15) is 0 Å². The first-order valence-corrected chi connectivity index (χ1v) is 22.4. The third kappa shape index (κ3) is 44.9. The molecule has 0 aromatic rings. The molecule has 1 N–H and O–H groups in total. The van der Waals surface area contributed by atoms with Crippen molar-refractivity contribution in [2.24, 2.45) is 0 Å². The smallest absolute Gasteiger partial charge is 0.305 e. The summed E-state index contributed by atoms with van der Waals surface area (Å²) < 4.78 is 5.46. The molecule has 0 rings (SSSR count). The topological polar surface area (TPSA) is 46.5 Å². The van der Waals surface area contributed by atoms with E-state index in [1.807, 2.05) is 0 Å². The number of carbonyl (C=O) groups excluding carboxylic acids is 1. The van der Waals surface area contributed by atoms with Crippen molar-refractivity contribution >= 4 is 5.97 Å². The van der Waals surface area contributed by atoms with Crippen molar-refractivity contribution in [3.05, 3.63) is 24.3 Å². The highest BCUT2D eigenvalue weighted by Gasteiger charge is 2.03. The number of hydrogen-bond acceptors (Lipinski definition) is 3. The molecule has 3 nitrogen and oxygen atoms in total. The van der Waals surface area contributed by atoms with Gasteiger partial charge in [0.15, 0.2) is 0 Å². The van der Waals surface area contributed by atoms with Gasteiger partial charge in [0, 0.05) is 13.0 Å². The molecule has 0 aliphatic carbocycles. The summed E-state index contributed by atoms with van der Waals surface area (Å²) in [7, 11) is 0. The van der Waals surface area contributed by atoms with Crippen LogP contribution in [0.3, 0.4) is 0 Å². The van der Waals surface area contributed by atoms with Crippen LogP contribution >= 0.6 is 0 Å². The predicted molar refractivity (Wildman–Crippen MR) is 217 cm³/mol. The molecule has 0 bridgehead atoms. The summed E-state index contributed by atoms with van der Waals surface area (Å²) in [6.45, 7) is 3.24. The lowest BCUT2D eigenvalue weighted by Crippen LogP contribution is -2.05. The lowest BCUT2D eigenvalue weighted by molar-refractivity contribution is -0.143. The minimum Gasteiger partial charge on any atom is -0.466 e. The number of unbranched alkanes of at least 4 members (excludes halogenated alkanes) is 33. The second-order valence-corrected chi connectivity index (χ2v) is 15.1. The summed E-state index contributed by atoms with van der Waals surface area (Å²) in [5.74, 6) is 0.0102. The molecule has 0 aromatic carbocycles. The number of carbonyl (C=O) groups is 1. The lowest BCUT2D eigenvalue weighted by Gasteiger charge is -2.06. The number of rotatable bonds is 42. The highest BCUT2D eigenvalue weighted by atomic mass is 16.5. The average molecular weight is 689 g/mol. The fourth-order valence-electron chi connectivity index (χ4n) is 6.80. The molecule has 0 atom stereocenters. The highest BCUT2D eigenvalue weighted by molar-refractivity contribution is 5.69. The van der Waals surface area contributed by atoms with Gasteiger partial charge in [-0.05, 0) is 51.4 Å². The summed E-state index contributed by atoms with van der Waals surface area (Å²) in [5.41, 5.74) is 0. The standard InChI is InChI=1S/C46H88O3/c1-2-3-4-5-6-7-8-9-22-25-28-31-34-37-40-43-46(48)49-45-42-39-36-33-30-27-24-21-19-17-15-13-11-10-12-14-16-18-20-23-26-29-32-35-38-41-44-47/h6-7,9,22,47H,2-5,8,10-21,23-45H2,1H3/b7-6-,22-9-. The Morgan fingerprint density at radius 3 is 1.12 bits per heavy atom. The van der Waals surface area contributed by atoms with Crippen molar-refractivity contribution in [2.45, 2.75) is 251 Å². The van der Waals surface area contributed by atoms with Crippen LogP contribution in [0.5, 0.6) is 0 Å². The van der Waals surface area contributed by atoms with E-state index in [1.54, 1.807) is 0 Å². The monoisotopic (exact) mass is 689 g/mol. The Bertz CT molecular complexity index is 669. The van der Waals surface area contributed by atoms with Crippen molar-refractivity contribution in [2.75, 3.05) is 13.2 Å². The van der Waals surface area contributed by atoms with Crippen LogP contribution in [0, 0.1) is 0 Å². The van der Waals surface area contributed by atoms with Crippen LogP contribution in [-0.4, -0.2) is 24.3 Å². The largest absolute Gasteiger partial charge is 0.466 e. The molecular weight excluding hydrogens is 601 g/mol. The number of aliphatic hydroxyl groups excluding tert-OH is 1. The zero-order valence-electron chi connectivity index (χ0n) is 33.4. The van der Waals surface area contributed by atoms with Gasteiger partial charge < -0.3 is 9.84 Å². The Morgan fingerprint density at radius 2 is 0.735 bits per heavy atom. The van der Waals surface area contributed by atoms with Gasteiger partial charge in [-0.15, -0.1) is 0 Å². The lowest BCUT2D eigenvalue weighted by atomic mass is 10.0. The summed E-state index contributed by atoms with van der Waals surface area (Å²) in [4.78, 5) is 12.0. The SMILES string of the molecule is CCCCC/C=C\C/C=C\CCCCCCCC(=O)OCCCCCCCCCCCCCCCCCCCCCCCCCCCCO. The first-order chi connectivity index (χ1) is 24.3. The maximum absolute atomic E-state index is 12.0. The van der Waals surface area contributed by atoms with Gasteiger partial charge in [0.25, 0.3) is 0 Å². The van der Waals surface area contributed by atoms with Gasteiger partial charge in [-0.1, -0.05) is 217 Å². The van der Waals surface area contributed by atoms with Crippen molar-refractivity contribution in [1.29, 1.82) is 0 Å². The van der Waals surface area contributed by atoms with E-state index in [-0.39, 0.29) is 5.97 Å². The average Bonchev–Trinajstić information content (AvgIpc) is 3.11. The summed E-state index contributed by atoms with van der Waals surface area (Å²) >= 11 is 0. The van der Waals surface area contributed by atoms with E-state index >= 15 is 0 Å². The van der Waals surface area contributed by atoms with E-state index in [0.717, 1.165) is 32.1 Å². The molecule has 0 aliphatic rings. The third-order valence-electron chi connectivity index (χ3n) is 10.1. The number of allylic oxidation sites excluding steroid dienone is 4. The molecule has 3 heteroatoms. The van der Waals surface area contributed by atoms with Gasteiger partial charge in [-0.3, -0.25) is 4.79 Å². The van der Waals surface area contributed by atoms with Crippen LogP contribution in [-0.2, 0) is 9.53 Å². The van der Waals surface area contributed by atoms with Crippen LogP contribution in [0.25, 0.3) is 0 Å². The normalized spacial score (nSPS) is 11.8. The van der Waals surface area contributed by atoms with E-state index in [2.05, 4.69) is 31.2 Å². The molecule has 0 fully saturated rings. The van der Waals surface area contributed by atoms with Crippen molar-refractivity contribution < 1.29 is 14.6 Å². The van der Waals surface area contributed by atoms with Gasteiger partial charge in [-0.2, -0.15) is 0 Å². The van der Waals surface area contributed by atoms with E-state index in [1.165, 1.54) is 205 Å². The molecule has 0 heterocycles. The van der Waals surface area contributed by atoms with Gasteiger partial charge >= 0.3 is 5.97 Å². The van der Waals surface area contributed by atoms with Crippen LogP contribution in [0.4, 0.5) is 0 Å². The molecule has 49 heavy (non-hydrogen) atoms. The molecule has 0 saturated heterocycles. The van der Waals surface area contributed by atoms with Gasteiger partial charge in [0.05, 0.1) is 6.61 Å². The number of aliphatic hydroxyl groups is 1. The van der Waals surface area contributed by atoms with Gasteiger partial charge in [-0.25, -0.2) is 0 Å². The van der Waals surface area contributed by atoms with Crippen molar-refractivity contribution in [3.8, 4) is 0 Å². The number of ether oxygens (including phenoxy) is 1. The molecule has 0 saturated carbocycles. The molecule has 0 amide bonds. The zero-order chi connectivity index (χ0) is 35.4. The Hall–Kier alpha value is -1.09. The van der Waals surface area contributed by atoms with Crippen molar-refractivity contribution in [1.82, 2.24) is 0 Å². The Balaban J connectivity index is 3.17. The molecule has 0 aliphatic heterocycles. The molecule has 0 radical (unpaired) electrons. The Morgan fingerprint density at radius 1 is 0.408 bits per heavy atom. The zero-order valence-corrected chi connectivity index (χ0v) is 33.4. The Kier molecular flexibility index (Phi) is 43.9. The van der Waals surface area contributed by atoms with Crippen LogP contribution in [0.1, 0.15) is 251 Å². The molecule has 290 valence electrons. The summed E-state index contributed by atoms with van der Waals surface area (Å²) in [5, 5.41) is 8.80. The quantitative estimate of drug-likeness (QED) is 0.0394. The maximum atomic E-state index is 12.0. The fraction of sp³-hybridized carbons (Fsp3) is 0.891. The van der Waals surface area contributed by atoms with Crippen molar-refractivity contribution in [3.63, 3.8) is 0 Å². The van der Waals surface area contributed by atoms with Crippen LogP contribution in [0.2, 0.25) is 0 Å². The molecule has 0 aromatic heterocycles. The number of hydrogen-bond donors (Lipinski definition) is 1. The maximum Gasteiger partial charge on any atom is 0.305 e. The minimum atomic E-state index is 0.0102. The fourth-order valence-corrected chi connectivity index (χ4v) is 6.80. The molecule has 0 spiro atoms. The third-order valence-corrected chi connectivity index (χ3v) is 10.1. The first kappa shape index (κ1) is 47.9. The van der Waals surface area contributed by atoms with Gasteiger partial charge in [0.2, 0.25) is 0 Å². The second-order valence-electron chi connectivity index (χ2n) is 15.1. The first-order valence-electron chi connectivity index (χ1n) is 22.4. The van der Waals surface area contributed by atoms with E-state index < -0.39 is 0 Å². The summed E-state index contributed by atoms with van der Waals surface area (Å²) in [6.07, 6.45) is 58.7. The molecular formula is C46H88O3. The predicted octanol–water partition coefficient (Wildman–Crippen LogP) is 15.5. The van der Waals surface area contributed by atoms with Crippen LogP contribution < -0.4 is 0 Å². The van der Waals surface area contributed by atoms with Crippen LogP contribution in [0.15, 0.2) is 24.3 Å². The minimum absolute atomic E-state index is 0.0102. The number of esters is 1. The summed E-state index contributed by atoms with van der Waals surface area (Å²) in [6, 6.07) is 0.